The van der Waals surface area contributed by atoms with E-state index in [2.05, 4.69) is 24.6 Å². The van der Waals surface area contributed by atoms with Crippen molar-refractivity contribution in [2.75, 3.05) is 77.0 Å². The molecule has 5 saturated heterocycles. The van der Waals surface area contributed by atoms with Gasteiger partial charge in [0, 0.05) is 64.5 Å². The first-order chi connectivity index (χ1) is 14.3. The van der Waals surface area contributed by atoms with Crippen molar-refractivity contribution in [3.8, 4) is 0 Å². The van der Waals surface area contributed by atoms with E-state index in [0.29, 0.717) is 11.8 Å². The van der Waals surface area contributed by atoms with E-state index in [-0.39, 0.29) is 6.04 Å². The van der Waals surface area contributed by atoms with Gasteiger partial charge in [0.05, 0.1) is 13.2 Å². The van der Waals surface area contributed by atoms with Crippen LogP contribution in [0.1, 0.15) is 31.0 Å². The van der Waals surface area contributed by atoms with E-state index in [1.165, 1.54) is 6.42 Å². The number of fused-ring (bicyclic) bond motifs is 4. The van der Waals surface area contributed by atoms with Crippen molar-refractivity contribution in [2.45, 2.75) is 31.2 Å². The van der Waals surface area contributed by atoms with Crippen LogP contribution in [0.4, 0.5) is 5.82 Å². The minimum absolute atomic E-state index is 0.0590. The molecule has 8 nitrogen and oxygen atoms in total. The van der Waals surface area contributed by atoms with Crippen molar-refractivity contribution in [1.82, 2.24) is 24.7 Å². The highest BCUT2D eigenvalue weighted by atomic mass is 16.5. The van der Waals surface area contributed by atoms with Gasteiger partial charge in [-0.15, -0.1) is 0 Å². The number of morpholine rings is 1. The van der Waals surface area contributed by atoms with Gasteiger partial charge in [0.25, 0.3) is 0 Å². The van der Waals surface area contributed by atoms with Crippen LogP contribution in [0, 0.1) is 0 Å². The highest BCUT2D eigenvalue weighted by Gasteiger charge is 2.37. The molecule has 6 rings (SSSR count). The maximum atomic E-state index is 13.2. The molecule has 158 valence electrons. The van der Waals surface area contributed by atoms with E-state index >= 15 is 0 Å². The van der Waals surface area contributed by atoms with Gasteiger partial charge in [0.2, 0.25) is 5.91 Å². The van der Waals surface area contributed by atoms with E-state index in [4.69, 9.17) is 9.72 Å². The first-order valence-electron chi connectivity index (χ1n) is 11.2. The molecule has 6 heterocycles. The summed E-state index contributed by atoms with van der Waals surface area (Å²) in [7, 11) is 0. The molecule has 1 amide bonds. The molecule has 8 heteroatoms. The van der Waals surface area contributed by atoms with Gasteiger partial charge in [-0.2, -0.15) is 0 Å². The zero-order valence-corrected chi connectivity index (χ0v) is 17.2. The third kappa shape index (κ3) is 4.11. The minimum atomic E-state index is 0.0590. The van der Waals surface area contributed by atoms with Gasteiger partial charge >= 0.3 is 0 Å². The standard InChI is InChI=1S/C21H32N6O2/c28-21(18-16-24-6-1-7-25(18)11-10-24)27-8-3-17(4-9-27)20-22-5-2-19(23-20)26-12-14-29-15-13-26/h2,5,17-18H,1,3-4,6-16H2. The lowest BCUT2D eigenvalue weighted by atomic mass is 9.95. The van der Waals surface area contributed by atoms with Crippen LogP contribution in [0.2, 0.25) is 0 Å². The zero-order chi connectivity index (χ0) is 19.6. The lowest BCUT2D eigenvalue weighted by Crippen LogP contribution is -2.58. The van der Waals surface area contributed by atoms with Crippen LogP contribution in [0.5, 0.6) is 0 Å². The van der Waals surface area contributed by atoms with E-state index < -0.39 is 0 Å². The topological polar surface area (TPSA) is 65.0 Å². The number of carbonyl (C=O) groups excluding carboxylic acids is 1. The molecule has 29 heavy (non-hydrogen) atoms. The van der Waals surface area contributed by atoms with E-state index in [1.807, 2.05) is 12.3 Å². The molecule has 2 bridgehead atoms. The number of piperazine rings is 1. The summed E-state index contributed by atoms with van der Waals surface area (Å²) in [4.78, 5) is 31.9. The fourth-order valence-electron chi connectivity index (χ4n) is 5.18. The highest BCUT2D eigenvalue weighted by Crippen LogP contribution is 2.28. The molecule has 5 aliphatic heterocycles. The number of hydrogen-bond acceptors (Lipinski definition) is 7. The van der Waals surface area contributed by atoms with Crippen molar-refractivity contribution >= 4 is 11.7 Å². The van der Waals surface area contributed by atoms with Crippen molar-refractivity contribution in [3.05, 3.63) is 18.1 Å². The summed E-state index contributed by atoms with van der Waals surface area (Å²) in [6.07, 6.45) is 4.97. The molecular formula is C21H32N6O2. The zero-order valence-electron chi connectivity index (χ0n) is 17.2. The Morgan fingerprint density at radius 3 is 2.66 bits per heavy atom. The number of likely N-dealkylation sites (tertiary alicyclic amines) is 1. The van der Waals surface area contributed by atoms with Crippen molar-refractivity contribution in [3.63, 3.8) is 0 Å². The molecule has 5 aliphatic rings. The van der Waals surface area contributed by atoms with Crippen LogP contribution in [0.3, 0.4) is 0 Å². The van der Waals surface area contributed by atoms with Crippen LogP contribution in [-0.4, -0.2) is 109 Å². The SMILES string of the molecule is O=C(C1CN2CCCN1CC2)N1CCC(c2nccc(N3CCOCC3)n2)CC1. The number of hydrogen-bond donors (Lipinski definition) is 0. The Kier molecular flexibility index (Phi) is 5.65. The molecular weight excluding hydrogens is 368 g/mol. The average molecular weight is 401 g/mol. The average Bonchev–Trinajstić information content (AvgIpc) is 3.15. The van der Waals surface area contributed by atoms with Crippen molar-refractivity contribution in [1.29, 1.82) is 0 Å². The van der Waals surface area contributed by atoms with Crippen molar-refractivity contribution < 1.29 is 9.53 Å². The summed E-state index contributed by atoms with van der Waals surface area (Å²) >= 11 is 0. The molecule has 1 aromatic heterocycles. The molecule has 0 saturated carbocycles. The van der Waals surface area contributed by atoms with Gasteiger partial charge in [0.1, 0.15) is 17.7 Å². The number of amides is 1. The van der Waals surface area contributed by atoms with Gasteiger partial charge < -0.3 is 14.5 Å². The van der Waals surface area contributed by atoms with E-state index in [1.54, 1.807) is 0 Å². The second kappa shape index (κ2) is 8.53. The molecule has 0 radical (unpaired) electrons. The smallest absolute Gasteiger partial charge is 0.241 e. The Balaban J connectivity index is 1.20. The summed E-state index contributed by atoms with van der Waals surface area (Å²) in [6.45, 7) is 10.2. The number of nitrogens with zero attached hydrogens (tertiary/aromatic N) is 6. The molecule has 0 N–H and O–H groups in total. The summed E-state index contributed by atoms with van der Waals surface area (Å²) in [5.41, 5.74) is 0. The van der Waals surface area contributed by atoms with Crippen LogP contribution in [-0.2, 0) is 9.53 Å². The Hall–Kier alpha value is -1.77. The molecule has 3 atom stereocenters. The summed E-state index contributed by atoms with van der Waals surface area (Å²) < 4.78 is 5.45. The fraction of sp³-hybridized carbons (Fsp3) is 0.762. The lowest BCUT2D eigenvalue weighted by molar-refractivity contribution is -0.139. The number of carbonyl (C=O) groups is 1. The van der Waals surface area contributed by atoms with Crippen LogP contribution in [0.25, 0.3) is 0 Å². The predicted octanol–water partition coefficient (Wildman–Crippen LogP) is 0.409. The Morgan fingerprint density at radius 2 is 1.83 bits per heavy atom. The summed E-state index contributed by atoms with van der Waals surface area (Å²) in [5, 5.41) is 0. The van der Waals surface area contributed by atoms with Crippen molar-refractivity contribution in [2.24, 2.45) is 0 Å². The molecule has 0 aromatic carbocycles. The maximum Gasteiger partial charge on any atom is 0.241 e. The minimum Gasteiger partial charge on any atom is -0.378 e. The largest absolute Gasteiger partial charge is 0.378 e. The molecule has 1 aromatic rings. The number of rotatable bonds is 3. The van der Waals surface area contributed by atoms with E-state index in [0.717, 1.165) is 96.6 Å². The molecule has 5 fully saturated rings. The molecule has 3 unspecified atom stereocenters. The lowest BCUT2D eigenvalue weighted by Gasteiger charge is -2.40. The second-order valence-corrected chi connectivity index (χ2v) is 8.68. The quantitative estimate of drug-likeness (QED) is 0.728. The van der Waals surface area contributed by atoms with Gasteiger partial charge in [-0.3, -0.25) is 14.6 Å². The third-order valence-corrected chi connectivity index (χ3v) is 6.95. The second-order valence-electron chi connectivity index (χ2n) is 8.68. The number of aromatic nitrogens is 2. The molecule has 0 spiro atoms. The Labute approximate surface area is 172 Å². The first-order valence-corrected chi connectivity index (χ1v) is 11.2. The summed E-state index contributed by atoms with van der Waals surface area (Å²) in [6, 6.07) is 2.06. The van der Waals surface area contributed by atoms with Crippen LogP contribution < -0.4 is 4.90 Å². The monoisotopic (exact) mass is 400 g/mol. The van der Waals surface area contributed by atoms with E-state index in [9.17, 15) is 4.79 Å². The first kappa shape index (κ1) is 19.2. The van der Waals surface area contributed by atoms with Gasteiger partial charge in [-0.05, 0) is 31.9 Å². The van der Waals surface area contributed by atoms with Crippen LogP contribution >= 0.6 is 0 Å². The Morgan fingerprint density at radius 1 is 1.00 bits per heavy atom. The fourth-order valence-corrected chi connectivity index (χ4v) is 5.18. The maximum absolute atomic E-state index is 13.2. The third-order valence-electron chi connectivity index (χ3n) is 6.95. The number of anilines is 1. The van der Waals surface area contributed by atoms with Gasteiger partial charge in [-0.25, -0.2) is 9.97 Å². The van der Waals surface area contributed by atoms with Gasteiger partial charge in [-0.1, -0.05) is 0 Å². The number of ether oxygens (including phenoxy) is 1. The highest BCUT2D eigenvalue weighted by molar-refractivity contribution is 5.82. The normalized spacial score (nSPS) is 31.0. The van der Waals surface area contributed by atoms with Gasteiger partial charge in [0.15, 0.2) is 0 Å². The molecule has 0 aliphatic carbocycles. The van der Waals surface area contributed by atoms with Crippen LogP contribution in [0.15, 0.2) is 12.3 Å². The Bertz CT molecular complexity index is 713. The number of piperidine rings is 1. The predicted molar refractivity (Wildman–Crippen MR) is 110 cm³/mol. The summed E-state index contributed by atoms with van der Waals surface area (Å²) in [5.74, 6) is 2.62.